The van der Waals surface area contributed by atoms with Crippen LogP contribution in [0.25, 0.3) is 0 Å². The summed E-state index contributed by atoms with van der Waals surface area (Å²) in [6, 6.07) is 0. The molecule has 0 saturated heterocycles. The molecule has 2 atom stereocenters. The molecule has 0 aromatic heterocycles. The van der Waals surface area contributed by atoms with Gasteiger partial charge in [-0.25, -0.2) is 0 Å². The van der Waals surface area contributed by atoms with Crippen molar-refractivity contribution in [3.8, 4) is 0 Å². The molecule has 0 aromatic carbocycles. The van der Waals surface area contributed by atoms with E-state index < -0.39 is 0 Å². The standard InChI is InChI=1S/C14H24O2/c1-11-6-7-13(16)14(3,10-8-11)9-4-5-12(2)15/h8,13,16H,4-7,9-10H2,1-3H3/t13?,14-/m1/s1. The Labute approximate surface area is 98.7 Å². The van der Waals surface area contributed by atoms with Gasteiger partial charge in [0.25, 0.3) is 0 Å². The molecule has 1 aliphatic rings. The van der Waals surface area contributed by atoms with Gasteiger partial charge in [0, 0.05) is 6.42 Å². The molecule has 2 heteroatoms. The maximum Gasteiger partial charge on any atom is 0.129 e. The monoisotopic (exact) mass is 224 g/mol. The fraction of sp³-hybridized carbons (Fsp3) is 0.786. The Morgan fingerprint density at radius 1 is 1.62 bits per heavy atom. The maximum absolute atomic E-state index is 10.9. The van der Waals surface area contributed by atoms with Gasteiger partial charge in [0.1, 0.15) is 5.78 Å². The van der Waals surface area contributed by atoms with Crippen molar-refractivity contribution < 1.29 is 9.90 Å². The third-order valence-electron chi connectivity index (χ3n) is 3.81. The van der Waals surface area contributed by atoms with Gasteiger partial charge < -0.3 is 9.90 Å². The number of Topliss-reactive ketones (excluding diaryl/α,β-unsaturated/α-hetero) is 1. The van der Waals surface area contributed by atoms with Crippen LogP contribution in [0.4, 0.5) is 0 Å². The van der Waals surface area contributed by atoms with Crippen LogP contribution < -0.4 is 0 Å². The summed E-state index contributed by atoms with van der Waals surface area (Å²) >= 11 is 0. The molecule has 0 aromatic rings. The Morgan fingerprint density at radius 3 is 2.94 bits per heavy atom. The second-order valence-electron chi connectivity index (χ2n) is 5.52. The fourth-order valence-electron chi connectivity index (χ4n) is 2.37. The first-order valence-electron chi connectivity index (χ1n) is 6.27. The SMILES string of the molecule is CC(=O)CCC[C@]1(C)CC=C(C)CCC1O. The van der Waals surface area contributed by atoms with Crippen molar-refractivity contribution in [2.75, 3.05) is 0 Å². The predicted octanol–water partition coefficient (Wildman–Crippen LogP) is 3.24. The number of carbonyl (C=O) groups is 1. The van der Waals surface area contributed by atoms with Crippen LogP contribution in [-0.2, 0) is 4.79 Å². The summed E-state index contributed by atoms with van der Waals surface area (Å²) in [7, 11) is 0. The van der Waals surface area contributed by atoms with Crippen LogP contribution in [0.3, 0.4) is 0 Å². The molecule has 1 unspecified atom stereocenters. The summed E-state index contributed by atoms with van der Waals surface area (Å²) < 4.78 is 0. The van der Waals surface area contributed by atoms with Gasteiger partial charge in [0.15, 0.2) is 0 Å². The molecule has 92 valence electrons. The molecule has 0 saturated carbocycles. The highest BCUT2D eigenvalue weighted by Gasteiger charge is 2.32. The topological polar surface area (TPSA) is 37.3 Å². The molecule has 0 bridgehead atoms. The lowest BCUT2D eigenvalue weighted by atomic mass is 9.76. The van der Waals surface area contributed by atoms with E-state index in [0.717, 1.165) is 32.1 Å². The van der Waals surface area contributed by atoms with Gasteiger partial charge in [0.2, 0.25) is 0 Å². The number of ketones is 1. The lowest BCUT2D eigenvalue weighted by molar-refractivity contribution is -0.117. The third kappa shape index (κ3) is 3.75. The van der Waals surface area contributed by atoms with E-state index in [2.05, 4.69) is 19.9 Å². The minimum Gasteiger partial charge on any atom is -0.393 e. The van der Waals surface area contributed by atoms with E-state index in [1.807, 2.05) is 0 Å². The van der Waals surface area contributed by atoms with E-state index in [9.17, 15) is 9.90 Å². The average Bonchev–Trinajstić information content (AvgIpc) is 2.32. The highest BCUT2D eigenvalue weighted by atomic mass is 16.3. The molecule has 0 heterocycles. The Bertz CT molecular complexity index is 280. The largest absolute Gasteiger partial charge is 0.393 e. The maximum atomic E-state index is 10.9. The molecule has 2 nitrogen and oxygen atoms in total. The molecule has 1 aliphatic carbocycles. The number of aliphatic hydroxyl groups is 1. The zero-order valence-corrected chi connectivity index (χ0v) is 10.8. The van der Waals surface area contributed by atoms with Gasteiger partial charge in [-0.1, -0.05) is 18.6 Å². The van der Waals surface area contributed by atoms with Gasteiger partial charge in [-0.05, 0) is 51.4 Å². The molecular weight excluding hydrogens is 200 g/mol. The first-order valence-corrected chi connectivity index (χ1v) is 6.27. The molecule has 0 spiro atoms. The van der Waals surface area contributed by atoms with Crippen LogP contribution in [0.1, 0.15) is 59.3 Å². The van der Waals surface area contributed by atoms with Crippen LogP contribution in [0.5, 0.6) is 0 Å². The van der Waals surface area contributed by atoms with Crippen molar-refractivity contribution in [1.29, 1.82) is 0 Å². The smallest absolute Gasteiger partial charge is 0.129 e. The van der Waals surface area contributed by atoms with Gasteiger partial charge in [0.05, 0.1) is 6.10 Å². The van der Waals surface area contributed by atoms with E-state index in [1.54, 1.807) is 6.92 Å². The van der Waals surface area contributed by atoms with Crippen molar-refractivity contribution in [1.82, 2.24) is 0 Å². The van der Waals surface area contributed by atoms with Crippen molar-refractivity contribution in [3.05, 3.63) is 11.6 Å². The Morgan fingerprint density at radius 2 is 2.31 bits per heavy atom. The van der Waals surface area contributed by atoms with Crippen LogP contribution >= 0.6 is 0 Å². The van der Waals surface area contributed by atoms with Crippen LogP contribution in [0.2, 0.25) is 0 Å². The number of rotatable bonds is 4. The third-order valence-corrected chi connectivity index (χ3v) is 3.81. The predicted molar refractivity (Wildman–Crippen MR) is 66.3 cm³/mol. The quantitative estimate of drug-likeness (QED) is 0.744. The molecule has 0 radical (unpaired) electrons. The first kappa shape index (κ1) is 13.4. The fourth-order valence-corrected chi connectivity index (χ4v) is 2.37. The van der Waals surface area contributed by atoms with Crippen LogP contribution in [0.15, 0.2) is 11.6 Å². The summed E-state index contributed by atoms with van der Waals surface area (Å²) in [5.41, 5.74) is 1.35. The van der Waals surface area contributed by atoms with Gasteiger partial charge in [-0.3, -0.25) is 0 Å². The van der Waals surface area contributed by atoms with Crippen molar-refractivity contribution in [3.63, 3.8) is 0 Å². The highest BCUT2D eigenvalue weighted by Crippen LogP contribution is 2.38. The minimum absolute atomic E-state index is 0.0345. The lowest BCUT2D eigenvalue weighted by Crippen LogP contribution is -2.31. The van der Waals surface area contributed by atoms with E-state index in [-0.39, 0.29) is 17.3 Å². The number of allylic oxidation sites excluding steroid dienone is 2. The lowest BCUT2D eigenvalue weighted by Gasteiger charge is -2.32. The van der Waals surface area contributed by atoms with E-state index in [1.165, 1.54) is 5.57 Å². The first-order chi connectivity index (χ1) is 7.44. The summed E-state index contributed by atoms with van der Waals surface area (Å²) in [5, 5.41) is 10.2. The summed E-state index contributed by atoms with van der Waals surface area (Å²) in [6.07, 6.45) is 7.32. The molecule has 1 rings (SSSR count). The molecule has 0 aliphatic heterocycles. The molecule has 0 amide bonds. The second-order valence-corrected chi connectivity index (χ2v) is 5.52. The van der Waals surface area contributed by atoms with Gasteiger partial charge in [-0.2, -0.15) is 0 Å². The van der Waals surface area contributed by atoms with E-state index in [0.29, 0.717) is 6.42 Å². The zero-order chi connectivity index (χ0) is 12.2. The number of hydrogen-bond donors (Lipinski definition) is 1. The molecule has 1 N–H and O–H groups in total. The van der Waals surface area contributed by atoms with Gasteiger partial charge in [-0.15, -0.1) is 0 Å². The number of aliphatic hydroxyl groups excluding tert-OH is 1. The van der Waals surface area contributed by atoms with E-state index >= 15 is 0 Å². The molecular formula is C14H24O2. The minimum atomic E-state index is -0.229. The van der Waals surface area contributed by atoms with Crippen LogP contribution in [0, 0.1) is 5.41 Å². The second kappa shape index (κ2) is 5.62. The molecule has 0 fully saturated rings. The van der Waals surface area contributed by atoms with Crippen molar-refractivity contribution >= 4 is 5.78 Å². The van der Waals surface area contributed by atoms with Gasteiger partial charge >= 0.3 is 0 Å². The zero-order valence-electron chi connectivity index (χ0n) is 10.8. The van der Waals surface area contributed by atoms with Crippen molar-refractivity contribution in [2.45, 2.75) is 65.4 Å². The van der Waals surface area contributed by atoms with Crippen LogP contribution in [-0.4, -0.2) is 17.0 Å². The summed E-state index contributed by atoms with van der Waals surface area (Å²) in [6.45, 7) is 5.91. The highest BCUT2D eigenvalue weighted by molar-refractivity contribution is 5.75. The summed E-state index contributed by atoms with van der Waals surface area (Å²) in [4.78, 5) is 10.9. The molecule has 16 heavy (non-hydrogen) atoms. The average molecular weight is 224 g/mol. The Kier molecular flexibility index (Phi) is 4.72. The Hall–Kier alpha value is -0.630. The number of hydrogen-bond acceptors (Lipinski definition) is 2. The normalized spacial score (nSPS) is 30.8. The Balaban J connectivity index is 2.55. The van der Waals surface area contributed by atoms with Crippen molar-refractivity contribution in [2.24, 2.45) is 5.41 Å². The van der Waals surface area contributed by atoms with E-state index in [4.69, 9.17) is 0 Å². The number of carbonyl (C=O) groups excluding carboxylic acids is 1. The summed E-state index contributed by atoms with van der Waals surface area (Å²) in [5.74, 6) is 0.249.